The third-order valence-corrected chi connectivity index (χ3v) is 7.57. The molecular formula is C21H28N6O5S. The summed E-state index contributed by atoms with van der Waals surface area (Å²) in [5, 5.41) is 15.1. The van der Waals surface area contributed by atoms with E-state index in [-0.39, 0.29) is 29.5 Å². The number of aliphatic hydroxyl groups excluding tert-OH is 1. The van der Waals surface area contributed by atoms with Crippen LogP contribution < -0.4 is 9.62 Å². The molecule has 12 heteroatoms. The second-order valence-electron chi connectivity index (χ2n) is 9.06. The van der Waals surface area contributed by atoms with Gasteiger partial charge in [0.05, 0.1) is 28.9 Å². The van der Waals surface area contributed by atoms with E-state index in [1.807, 2.05) is 6.92 Å². The van der Waals surface area contributed by atoms with Gasteiger partial charge in [0.2, 0.25) is 22.3 Å². The average Bonchev–Trinajstić information content (AvgIpc) is 3.31. The van der Waals surface area contributed by atoms with Gasteiger partial charge in [-0.3, -0.25) is 19.2 Å². The van der Waals surface area contributed by atoms with Gasteiger partial charge in [0, 0.05) is 38.4 Å². The summed E-state index contributed by atoms with van der Waals surface area (Å²) >= 11 is 0. The van der Waals surface area contributed by atoms with Crippen LogP contribution in [0.2, 0.25) is 0 Å². The van der Waals surface area contributed by atoms with Crippen LogP contribution in [0.4, 0.5) is 5.69 Å². The van der Waals surface area contributed by atoms with Crippen molar-refractivity contribution in [3.05, 3.63) is 41.7 Å². The summed E-state index contributed by atoms with van der Waals surface area (Å²) in [6, 6.07) is 4.16. The highest BCUT2D eigenvalue weighted by Crippen LogP contribution is 2.37. The molecule has 0 radical (unpaired) electrons. The number of nitrogens with one attached hydrogen (secondary N) is 1. The number of fused-ring (bicyclic) bond motifs is 1. The van der Waals surface area contributed by atoms with Crippen LogP contribution >= 0.6 is 0 Å². The van der Waals surface area contributed by atoms with E-state index in [1.54, 1.807) is 38.2 Å². The smallest absolute Gasteiger partial charge is 0.259 e. The quantitative estimate of drug-likeness (QED) is 0.579. The molecule has 2 aromatic rings. The Hall–Kier alpha value is -2.96. The lowest BCUT2D eigenvalue weighted by Crippen LogP contribution is -2.57. The first kappa shape index (κ1) is 23.2. The van der Waals surface area contributed by atoms with E-state index in [1.165, 1.54) is 32.9 Å². The Kier molecular flexibility index (Phi) is 5.71. The zero-order chi connectivity index (χ0) is 24.1. The number of anilines is 1. The number of sulfonamides is 1. The van der Waals surface area contributed by atoms with E-state index in [0.29, 0.717) is 11.3 Å². The molecule has 0 bridgehead atoms. The molecule has 1 aliphatic carbocycles. The zero-order valence-electron chi connectivity index (χ0n) is 19.0. The lowest BCUT2D eigenvalue weighted by molar-refractivity contribution is -0.128. The molecule has 4 rings (SSSR count). The number of benzene rings is 1. The van der Waals surface area contributed by atoms with E-state index in [4.69, 9.17) is 0 Å². The molecule has 2 amide bonds. The Balaban J connectivity index is 1.74. The van der Waals surface area contributed by atoms with E-state index >= 15 is 0 Å². The standard InChI is InChI=1S/C21H28N6O5S/c1-21(7-8-21)23-33(31,32)15-5-6-17-16(9-15)19(29)27(12-14-10-22-25(4)11-14)20(30)26(17)13-18(28)24(2)3/h5-6,9-11,20,23,30H,7-8,12-13H2,1-4H3. The van der Waals surface area contributed by atoms with E-state index in [0.717, 1.165) is 12.8 Å². The first-order chi connectivity index (χ1) is 15.4. The van der Waals surface area contributed by atoms with Crippen LogP contribution in [-0.4, -0.2) is 77.4 Å². The van der Waals surface area contributed by atoms with Crippen molar-refractivity contribution in [2.75, 3.05) is 25.5 Å². The van der Waals surface area contributed by atoms with Crippen molar-refractivity contribution in [3.8, 4) is 0 Å². The number of aliphatic hydroxyl groups is 1. The third-order valence-electron chi connectivity index (χ3n) is 5.93. The van der Waals surface area contributed by atoms with E-state index in [9.17, 15) is 23.1 Å². The number of hydrogen-bond donors (Lipinski definition) is 2. The molecule has 11 nitrogen and oxygen atoms in total. The Morgan fingerprint density at radius 1 is 1.30 bits per heavy atom. The number of carbonyl (C=O) groups is 2. The summed E-state index contributed by atoms with van der Waals surface area (Å²) in [7, 11) is 1.08. The largest absolute Gasteiger partial charge is 0.356 e. The monoisotopic (exact) mass is 476 g/mol. The summed E-state index contributed by atoms with van der Waals surface area (Å²) in [6.45, 7) is 1.67. The van der Waals surface area contributed by atoms with Crippen molar-refractivity contribution in [2.45, 2.75) is 43.1 Å². The number of amides is 2. The second kappa shape index (κ2) is 8.12. The number of nitrogens with zero attached hydrogens (tertiary/aromatic N) is 5. The Labute approximate surface area is 192 Å². The first-order valence-corrected chi connectivity index (χ1v) is 12.0. The highest BCUT2D eigenvalue weighted by atomic mass is 32.2. The number of hydrogen-bond acceptors (Lipinski definition) is 7. The topological polar surface area (TPSA) is 128 Å². The lowest BCUT2D eigenvalue weighted by atomic mass is 10.1. The highest BCUT2D eigenvalue weighted by molar-refractivity contribution is 7.89. The van der Waals surface area contributed by atoms with Crippen LogP contribution in [0.25, 0.3) is 0 Å². The molecule has 2 aliphatic rings. The summed E-state index contributed by atoms with van der Waals surface area (Å²) in [6.07, 6.45) is 3.38. The summed E-state index contributed by atoms with van der Waals surface area (Å²) in [5.74, 6) is -0.819. The Bertz CT molecular complexity index is 1200. The van der Waals surface area contributed by atoms with Crippen molar-refractivity contribution in [3.63, 3.8) is 0 Å². The second-order valence-corrected chi connectivity index (χ2v) is 10.7. The Morgan fingerprint density at radius 2 is 2.00 bits per heavy atom. The molecule has 1 fully saturated rings. The number of carbonyl (C=O) groups excluding carboxylic acids is 2. The molecular weight excluding hydrogens is 448 g/mol. The minimum absolute atomic E-state index is 0.0350. The van der Waals surface area contributed by atoms with Crippen molar-refractivity contribution in [2.24, 2.45) is 7.05 Å². The molecule has 178 valence electrons. The van der Waals surface area contributed by atoms with Crippen molar-refractivity contribution < 1.29 is 23.1 Å². The van der Waals surface area contributed by atoms with Gasteiger partial charge >= 0.3 is 0 Å². The Morgan fingerprint density at radius 3 is 2.58 bits per heavy atom. The lowest BCUT2D eigenvalue weighted by Gasteiger charge is -2.42. The zero-order valence-corrected chi connectivity index (χ0v) is 19.8. The number of rotatable bonds is 7. The molecule has 2 heterocycles. The normalized spacial score (nSPS) is 19.4. The van der Waals surface area contributed by atoms with Gasteiger partial charge in [0.25, 0.3) is 5.91 Å². The van der Waals surface area contributed by atoms with Crippen LogP contribution in [0.1, 0.15) is 35.7 Å². The third kappa shape index (κ3) is 4.59. The predicted molar refractivity (Wildman–Crippen MR) is 120 cm³/mol. The molecule has 1 aromatic carbocycles. The minimum atomic E-state index is -3.84. The molecule has 0 saturated heterocycles. The average molecular weight is 477 g/mol. The molecule has 1 aliphatic heterocycles. The van der Waals surface area contributed by atoms with E-state index < -0.39 is 27.8 Å². The molecule has 1 aromatic heterocycles. The van der Waals surface area contributed by atoms with Crippen LogP contribution in [0.15, 0.2) is 35.5 Å². The van der Waals surface area contributed by atoms with Crippen molar-refractivity contribution in [1.29, 1.82) is 0 Å². The van der Waals surface area contributed by atoms with Gasteiger partial charge in [0.15, 0.2) is 0 Å². The minimum Gasteiger partial charge on any atom is -0.356 e. The van der Waals surface area contributed by atoms with Crippen LogP contribution in [0.5, 0.6) is 0 Å². The molecule has 1 unspecified atom stereocenters. The van der Waals surface area contributed by atoms with Gasteiger partial charge in [-0.15, -0.1) is 0 Å². The van der Waals surface area contributed by atoms with Crippen LogP contribution in [-0.2, 0) is 28.4 Å². The van der Waals surface area contributed by atoms with Crippen molar-refractivity contribution >= 4 is 27.5 Å². The maximum atomic E-state index is 13.4. The van der Waals surface area contributed by atoms with Gasteiger partial charge in [-0.1, -0.05) is 0 Å². The summed E-state index contributed by atoms with van der Waals surface area (Å²) in [4.78, 5) is 29.8. The van der Waals surface area contributed by atoms with Gasteiger partial charge < -0.3 is 14.9 Å². The fourth-order valence-corrected chi connectivity index (χ4v) is 5.18. The summed E-state index contributed by atoms with van der Waals surface area (Å²) in [5.41, 5.74) is 0.603. The molecule has 2 N–H and O–H groups in total. The maximum Gasteiger partial charge on any atom is 0.259 e. The number of aromatic nitrogens is 2. The molecule has 1 atom stereocenters. The van der Waals surface area contributed by atoms with E-state index in [2.05, 4.69) is 9.82 Å². The van der Waals surface area contributed by atoms with Gasteiger partial charge in [-0.25, -0.2) is 13.1 Å². The van der Waals surface area contributed by atoms with Gasteiger partial charge in [-0.2, -0.15) is 5.10 Å². The SMILES string of the molecule is CN(C)C(=O)CN1c2ccc(S(=O)(=O)NC3(C)CC3)cc2C(=O)N(Cc2cnn(C)c2)C1O. The van der Waals surface area contributed by atoms with Gasteiger partial charge in [0.1, 0.15) is 6.54 Å². The predicted octanol–water partition coefficient (Wildman–Crippen LogP) is 0.0774. The molecule has 0 spiro atoms. The highest BCUT2D eigenvalue weighted by Gasteiger charge is 2.42. The first-order valence-electron chi connectivity index (χ1n) is 10.5. The van der Waals surface area contributed by atoms with Crippen molar-refractivity contribution in [1.82, 2.24) is 24.3 Å². The fourth-order valence-electron chi connectivity index (χ4n) is 3.69. The van der Waals surface area contributed by atoms with Crippen LogP contribution in [0.3, 0.4) is 0 Å². The number of aryl methyl sites for hydroxylation is 1. The maximum absolute atomic E-state index is 13.4. The van der Waals surface area contributed by atoms with Crippen LogP contribution in [0, 0.1) is 0 Å². The molecule has 1 saturated carbocycles. The van der Waals surface area contributed by atoms with Gasteiger partial charge in [-0.05, 0) is 38.0 Å². The molecule has 33 heavy (non-hydrogen) atoms. The fraction of sp³-hybridized carbons (Fsp3) is 0.476. The summed E-state index contributed by atoms with van der Waals surface area (Å²) < 4.78 is 30.0. The number of likely N-dealkylation sites (N-methyl/N-ethyl adjacent to an activating group) is 1.